The Kier molecular flexibility index (Phi) is 2.69. The monoisotopic (exact) mass is 170 g/mol. The molecule has 1 aromatic carbocycles. The molecule has 0 nitrogen and oxygen atoms in total. The van der Waals surface area contributed by atoms with Crippen LogP contribution in [-0.2, 0) is 6.42 Å². The zero-order valence-corrected chi connectivity index (χ0v) is 7.62. The van der Waals surface area contributed by atoms with E-state index in [0.717, 1.165) is 16.2 Å². The summed E-state index contributed by atoms with van der Waals surface area (Å²) in [5, 5.41) is 0. The van der Waals surface area contributed by atoms with E-state index in [4.69, 9.17) is 0 Å². The summed E-state index contributed by atoms with van der Waals surface area (Å²) in [6.45, 7) is 2.11. The Morgan fingerprint density at radius 1 is 1.30 bits per heavy atom. The first-order chi connectivity index (χ1) is 4.75. The predicted octanol–water partition coefficient (Wildman–Crippen LogP) is 2.83. The second-order valence-corrected chi connectivity index (χ2v) is 3.07. The maximum Gasteiger partial charge on any atom is 0.0206 e. The van der Waals surface area contributed by atoms with E-state index in [-0.39, 0.29) is 0 Å². The van der Waals surface area contributed by atoms with Crippen LogP contribution in [0.5, 0.6) is 0 Å². The topological polar surface area (TPSA) is 0 Å². The first-order valence-corrected chi connectivity index (χ1v) is 4.15. The molecule has 10 heavy (non-hydrogen) atoms. The maximum absolute atomic E-state index is 4.31. The van der Waals surface area contributed by atoms with Crippen LogP contribution < -0.4 is 0 Å². The largest absolute Gasteiger partial charge is 0.142 e. The van der Waals surface area contributed by atoms with Gasteiger partial charge in [-0.15, -0.1) is 25.3 Å². The minimum Gasteiger partial charge on any atom is -0.142 e. The van der Waals surface area contributed by atoms with E-state index in [9.17, 15) is 0 Å². The van der Waals surface area contributed by atoms with Crippen LogP contribution in [0.3, 0.4) is 0 Å². The van der Waals surface area contributed by atoms with Gasteiger partial charge < -0.3 is 0 Å². The molecule has 0 fully saturated rings. The van der Waals surface area contributed by atoms with Crippen LogP contribution in [0.25, 0.3) is 0 Å². The fraction of sp³-hybridized carbons (Fsp3) is 0.250. The van der Waals surface area contributed by atoms with Crippen molar-refractivity contribution in [2.24, 2.45) is 0 Å². The second-order valence-electron chi connectivity index (χ2n) is 2.14. The van der Waals surface area contributed by atoms with Crippen LogP contribution in [0.4, 0.5) is 0 Å². The van der Waals surface area contributed by atoms with Crippen molar-refractivity contribution < 1.29 is 0 Å². The maximum atomic E-state index is 4.31. The smallest absolute Gasteiger partial charge is 0.0206 e. The van der Waals surface area contributed by atoms with Crippen LogP contribution in [-0.4, -0.2) is 0 Å². The Bertz CT molecular complexity index is 231. The van der Waals surface area contributed by atoms with Crippen molar-refractivity contribution in [1.29, 1.82) is 0 Å². The Labute approximate surface area is 72.5 Å². The summed E-state index contributed by atoms with van der Waals surface area (Å²) in [5.74, 6) is 0. The molecule has 0 amide bonds. The molecule has 0 saturated heterocycles. The zero-order chi connectivity index (χ0) is 7.56. The van der Waals surface area contributed by atoms with E-state index in [1.54, 1.807) is 0 Å². The summed E-state index contributed by atoms with van der Waals surface area (Å²) in [6.07, 6.45) is 1.02. The summed E-state index contributed by atoms with van der Waals surface area (Å²) >= 11 is 8.56. The highest BCUT2D eigenvalue weighted by Gasteiger charge is 1.97. The number of aryl methyl sites for hydroxylation is 1. The van der Waals surface area contributed by atoms with Gasteiger partial charge in [-0.1, -0.05) is 19.1 Å². The van der Waals surface area contributed by atoms with Crippen molar-refractivity contribution >= 4 is 25.3 Å². The molecule has 0 aliphatic rings. The summed E-state index contributed by atoms with van der Waals surface area (Å²) in [6, 6.07) is 6.02. The molecule has 0 aromatic heterocycles. The van der Waals surface area contributed by atoms with Gasteiger partial charge in [-0.05, 0) is 18.1 Å². The normalized spacial score (nSPS) is 9.90. The van der Waals surface area contributed by atoms with Crippen molar-refractivity contribution in [2.45, 2.75) is 23.1 Å². The Hall–Kier alpha value is -0.0800. The van der Waals surface area contributed by atoms with Crippen LogP contribution >= 0.6 is 25.3 Å². The van der Waals surface area contributed by atoms with Crippen LogP contribution in [0.1, 0.15) is 12.5 Å². The fourth-order valence-electron chi connectivity index (χ4n) is 0.863. The quantitative estimate of drug-likeness (QED) is 0.595. The molecule has 0 atom stereocenters. The lowest BCUT2D eigenvalue weighted by molar-refractivity contribution is 1.04. The molecule has 0 aliphatic heterocycles. The highest BCUT2D eigenvalue weighted by Crippen LogP contribution is 2.22. The van der Waals surface area contributed by atoms with E-state index < -0.39 is 0 Å². The van der Waals surface area contributed by atoms with Crippen molar-refractivity contribution in [2.75, 3.05) is 0 Å². The van der Waals surface area contributed by atoms with Gasteiger partial charge in [-0.3, -0.25) is 0 Å². The van der Waals surface area contributed by atoms with Gasteiger partial charge in [0.15, 0.2) is 0 Å². The SMILES string of the molecule is CCc1cccc(S)c1S. The molecular weight excluding hydrogens is 160 g/mol. The molecule has 1 rings (SSSR count). The molecule has 0 bridgehead atoms. The van der Waals surface area contributed by atoms with Crippen LogP contribution in [0.2, 0.25) is 0 Å². The van der Waals surface area contributed by atoms with E-state index >= 15 is 0 Å². The first kappa shape index (κ1) is 8.02. The average Bonchev–Trinajstić information content (AvgIpc) is 1.95. The predicted molar refractivity (Wildman–Crippen MR) is 50.3 cm³/mol. The third kappa shape index (κ3) is 1.50. The van der Waals surface area contributed by atoms with Crippen molar-refractivity contribution in [3.8, 4) is 0 Å². The van der Waals surface area contributed by atoms with Gasteiger partial charge in [0.1, 0.15) is 0 Å². The van der Waals surface area contributed by atoms with Crippen LogP contribution in [0.15, 0.2) is 28.0 Å². The number of rotatable bonds is 1. The second kappa shape index (κ2) is 3.35. The molecule has 0 radical (unpaired) electrons. The summed E-state index contributed by atoms with van der Waals surface area (Å²) in [7, 11) is 0. The lowest BCUT2D eigenvalue weighted by atomic mass is 10.2. The van der Waals surface area contributed by atoms with Gasteiger partial charge in [0.05, 0.1) is 0 Å². The molecule has 1 aromatic rings. The van der Waals surface area contributed by atoms with E-state index in [2.05, 4.69) is 38.2 Å². The van der Waals surface area contributed by atoms with Crippen molar-refractivity contribution in [1.82, 2.24) is 0 Å². The Morgan fingerprint density at radius 2 is 2.00 bits per heavy atom. The summed E-state index contributed by atoms with van der Waals surface area (Å²) in [4.78, 5) is 1.97. The van der Waals surface area contributed by atoms with E-state index in [0.29, 0.717) is 0 Å². The molecule has 0 unspecified atom stereocenters. The third-order valence-corrected chi connectivity index (χ3v) is 2.56. The van der Waals surface area contributed by atoms with Gasteiger partial charge >= 0.3 is 0 Å². The van der Waals surface area contributed by atoms with Gasteiger partial charge in [-0.2, -0.15) is 0 Å². The molecule has 0 saturated carbocycles. The lowest BCUT2D eigenvalue weighted by Crippen LogP contribution is -1.82. The van der Waals surface area contributed by atoms with Crippen LogP contribution in [0, 0.1) is 0 Å². The van der Waals surface area contributed by atoms with Crippen molar-refractivity contribution in [3.63, 3.8) is 0 Å². The van der Waals surface area contributed by atoms with E-state index in [1.807, 2.05) is 12.1 Å². The third-order valence-electron chi connectivity index (χ3n) is 1.48. The summed E-state index contributed by atoms with van der Waals surface area (Å²) in [5.41, 5.74) is 1.26. The Balaban J connectivity index is 3.14. The zero-order valence-electron chi connectivity index (χ0n) is 5.83. The van der Waals surface area contributed by atoms with Gasteiger partial charge in [0, 0.05) is 9.79 Å². The standard InChI is InChI=1S/C8H10S2/c1-2-6-4-3-5-7(9)8(6)10/h3-5,9-10H,2H2,1H3. The molecule has 54 valence electrons. The summed E-state index contributed by atoms with van der Waals surface area (Å²) < 4.78 is 0. The van der Waals surface area contributed by atoms with Gasteiger partial charge in [0.25, 0.3) is 0 Å². The molecule has 2 heteroatoms. The number of hydrogen-bond donors (Lipinski definition) is 2. The Morgan fingerprint density at radius 3 is 2.50 bits per heavy atom. The molecule has 0 N–H and O–H groups in total. The van der Waals surface area contributed by atoms with E-state index in [1.165, 1.54) is 5.56 Å². The molecule has 0 spiro atoms. The minimum absolute atomic E-state index is 0.961. The number of benzene rings is 1. The molecule has 0 aliphatic carbocycles. The van der Waals surface area contributed by atoms with Gasteiger partial charge in [-0.25, -0.2) is 0 Å². The number of hydrogen-bond acceptors (Lipinski definition) is 2. The highest BCUT2D eigenvalue weighted by atomic mass is 32.1. The van der Waals surface area contributed by atoms with Crippen molar-refractivity contribution in [3.05, 3.63) is 23.8 Å². The lowest BCUT2D eigenvalue weighted by Gasteiger charge is -2.02. The fourth-order valence-corrected chi connectivity index (χ4v) is 1.40. The highest BCUT2D eigenvalue weighted by molar-refractivity contribution is 7.83. The number of thiol groups is 2. The molecular formula is C8H10S2. The van der Waals surface area contributed by atoms with Gasteiger partial charge in [0.2, 0.25) is 0 Å². The molecule has 0 heterocycles. The minimum atomic E-state index is 0.961. The first-order valence-electron chi connectivity index (χ1n) is 3.25. The average molecular weight is 170 g/mol.